The van der Waals surface area contributed by atoms with E-state index in [1.54, 1.807) is 0 Å². The number of hydrogen-bond acceptors (Lipinski definition) is 1. The topological polar surface area (TPSA) is 12.9 Å². The first-order valence-electron chi connectivity index (χ1n) is 5.07. The molecule has 1 aromatic carbocycles. The van der Waals surface area contributed by atoms with Gasteiger partial charge in [0, 0.05) is 11.3 Å². The summed E-state index contributed by atoms with van der Waals surface area (Å²) in [5.74, 6) is 0.328. The molecule has 0 saturated heterocycles. The molecule has 0 bridgehead atoms. The van der Waals surface area contributed by atoms with Crippen LogP contribution in [0.25, 0.3) is 10.9 Å². The molecule has 1 atom stereocenters. The molecule has 0 fully saturated rings. The first-order valence-corrected chi connectivity index (χ1v) is 5.07. The molecular weight excluding hydrogens is 182 g/mol. The highest BCUT2D eigenvalue weighted by Crippen LogP contribution is 2.32. The Morgan fingerprint density at radius 3 is 2.67 bits per heavy atom. The molecule has 3 rings (SSSR count). The van der Waals surface area contributed by atoms with Crippen LogP contribution in [0.2, 0.25) is 0 Å². The Balaban J connectivity index is 2.14. The van der Waals surface area contributed by atoms with Gasteiger partial charge in [0.05, 0.1) is 11.2 Å². The molecule has 0 saturated carbocycles. The van der Waals surface area contributed by atoms with Gasteiger partial charge in [-0.1, -0.05) is 43.0 Å². The van der Waals surface area contributed by atoms with Crippen molar-refractivity contribution in [3.8, 4) is 0 Å². The number of rotatable bonds is 1. The molecule has 0 aliphatic heterocycles. The minimum Gasteiger partial charge on any atom is -0.252 e. The number of aromatic nitrogens is 1. The maximum atomic E-state index is 4.64. The molecule has 1 heterocycles. The van der Waals surface area contributed by atoms with Gasteiger partial charge in [0.2, 0.25) is 0 Å². The van der Waals surface area contributed by atoms with Crippen molar-refractivity contribution in [2.45, 2.75) is 5.92 Å². The lowest BCUT2D eigenvalue weighted by Crippen LogP contribution is -2.06. The van der Waals surface area contributed by atoms with E-state index < -0.39 is 0 Å². The van der Waals surface area contributed by atoms with Crippen LogP contribution in [0.3, 0.4) is 0 Å². The van der Waals surface area contributed by atoms with Crippen molar-refractivity contribution in [1.82, 2.24) is 4.98 Å². The number of allylic oxidation sites excluding steroid dienone is 3. The summed E-state index contributed by atoms with van der Waals surface area (Å²) < 4.78 is 0. The second-order valence-corrected chi connectivity index (χ2v) is 3.84. The van der Waals surface area contributed by atoms with Crippen LogP contribution in [0.15, 0.2) is 60.7 Å². The predicted octanol–water partition coefficient (Wildman–Crippen LogP) is 3.44. The van der Waals surface area contributed by atoms with Crippen molar-refractivity contribution in [2.24, 2.45) is 0 Å². The Morgan fingerprint density at radius 2 is 1.93 bits per heavy atom. The van der Waals surface area contributed by atoms with Gasteiger partial charge >= 0.3 is 0 Å². The minimum absolute atomic E-state index is 0.328. The van der Waals surface area contributed by atoms with Crippen LogP contribution in [-0.4, -0.2) is 4.98 Å². The van der Waals surface area contributed by atoms with Crippen molar-refractivity contribution in [1.29, 1.82) is 0 Å². The fourth-order valence-corrected chi connectivity index (χ4v) is 1.87. The van der Waals surface area contributed by atoms with Gasteiger partial charge < -0.3 is 0 Å². The Bertz CT molecular complexity index is 566. The summed E-state index contributed by atoms with van der Waals surface area (Å²) in [5, 5.41) is 1.19. The highest BCUT2D eigenvalue weighted by Gasteiger charge is 2.18. The minimum atomic E-state index is 0.328. The molecule has 1 aliphatic carbocycles. The Labute approximate surface area is 88.8 Å². The van der Waals surface area contributed by atoms with Crippen LogP contribution in [0.1, 0.15) is 11.6 Å². The molecule has 0 spiro atoms. The number of fused-ring (bicyclic) bond motifs is 1. The average Bonchev–Trinajstić information content (AvgIpc) is 2.27. The molecule has 72 valence electrons. The molecule has 1 aromatic heterocycles. The first kappa shape index (κ1) is 8.42. The summed E-state index contributed by atoms with van der Waals surface area (Å²) in [6, 6.07) is 12.4. The number of hydrogen-bond donors (Lipinski definition) is 0. The van der Waals surface area contributed by atoms with E-state index in [-0.39, 0.29) is 0 Å². The molecule has 0 radical (unpaired) electrons. The molecule has 1 aliphatic rings. The zero-order chi connectivity index (χ0) is 10.3. The van der Waals surface area contributed by atoms with Crippen molar-refractivity contribution < 1.29 is 0 Å². The fourth-order valence-electron chi connectivity index (χ4n) is 1.87. The zero-order valence-electron chi connectivity index (χ0n) is 8.35. The third kappa shape index (κ3) is 1.28. The molecule has 0 amide bonds. The smallest absolute Gasteiger partial charge is 0.0705 e. The summed E-state index contributed by atoms with van der Waals surface area (Å²) >= 11 is 0. The first-order chi connectivity index (χ1) is 7.34. The highest BCUT2D eigenvalue weighted by atomic mass is 14.7. The van der Waals surface area contributed by atoms with Gasteiger partial charge in [0.15, 0.2) is 0 Å². The van der Waals surface area contributed by atoms with Crippen molar-refractivity contribution >= 4 is 10.9 Å². The van der Waals surface area contributed by atoms with Gasteiger partial charge in [-0.15, -0.1) is 0 Å². The summed E-state index contributed by atoms with van der Waals surface area (Å²) in [5.41, 5.74) is 3.31. The highest BCUT2D eigenvalue weighted by molar-refractivity contribution is 5.78. The van der Waals surface area contributed by atoms with Crippen LogP contribution >= 0.6 is 0 Å². The van der Waals surface area contributed by atoms with E-state index in [9.17, 15) is 0 Å². The Kier molecular flexibility index (Phi) is 1.72. The van der Waals surface area contributed by atoms with Gasteiger partial charge in [-0.3, -0.25) is 4.98 Å². The number of benzene rings is 1. The standard InChI is InChI=1S/C14H11N/c1-10-6-8-12(10)14-9-7-11-4-2-3-5-13(11)15-14/h2-9,12H,1H2. The maximum Gasteiger partial charge on any atom is 0.0705 e. The van der Waals surface area contributed by atoms with Gasteiger partial charge in [-0.25, -0.2) is 0 Å². The average molecular weight is 193 g/mol. The van der Waals surface area contributed by atoms with E-state index in [0.717, 1.165) is 16.8 Å². The quantitative estimate of drug-likeness (QED) is 0.676. The van der Waals surface area contributed by atoms with Gasteiger partial charge in [0.25, 0.3) is 0 Å². The number of para-hydroxylation sites is 1. The van der Waals surface area contributed by atoms with Gasteiger partial charge in [-0.05, 0) is 17.7 Å². The molecule has 1 nitrogen and oxygen atoms in total. The molecule has 2 aromatic rings. The SMILES string of the molecule is C=C1C=CC1c1ccc2ccccc2n1. The largest absolute Gasteiger partial charge is 0.252 e. The van der Waals surface area contributed by atoms with E-state index in [0.29, 0.717) is 5.92 Å². The van der Waals surface area contributed by atoms with Crippen LogP contribution in [-0.2, 0) is 0 Å². The predicted molar refractivity (Wildman–Crippen MR) is 62.8 cm³/mol. The van der Waals surface area contributed by atoms with Crippen molar-refractivity contribution in [2.75, 3.05) is 0 Å². The lowest BCUT2D eigenvalue weighted by molar-refractivity contribution is 0.923. The van der Waals surface area contributed by atoms with Crippen LogP contribution < -0.4 is 0 Å². The van der Waals surface area contributed by atoms with E-state index in [2.05, 4.69) is 35.8 Å². The Morgan fingerprint density at radius 1 is 1.07 bits per heavy atom. The molecule has 1 unspecified atom stereocenters. The second-order valence-electron chi connectivity index (χ2n) is 3.84. The number of pyridine rings is 1. The summed E-state index contributed by atoms with van der Waals surface area (Å²) in [7, 11) is 0. The van der Waals surface area contributed by atoms with Crippen LogP contribution in [0, 0.1) is 0 Å². The van der Waals surface area contributed by atoms with E-state index in [1.165, 1.54) is 5.39 Å². The number of nitrogens with zero attached hydrogens (tertiary/aromatic N) is 1. The van der Waals surface area contributed by atoms with Crippen molar-refractivity contribution in [3.63, 3.8) is 0 Å². The van der Waals surface area contributed by atoms with Gasteiger partial charge in [-0.2, -0.15) is 0 Å². The fraction of sp³-hybridized carbons (Fsp3) is 0.0714. The van der Waals surface area contributed by atoms with E-state index >= 15 is 0 Å². The molecule has 1 heteroatoms. The zero-order valence-corrected chi connectivity index (χ0v) is 8.35. The lowest BCUT2D eigenvalue weighted by atomic mass is 9.86. The molecule has 0 N–H and O–H groups in total. The maximum absolute atomic E-state index is 4.64. The third-order valence-electron chi connectivity index (χ3n) is 2.84. The van der Waals surface area contributed by atoms with Crippen LogP contribution in [0.5, 0.6) is 0 Å². The van der Waals surface area contributed by atoms with E-state index in [1.807, 2.05) is 24.3 Å². The summed E-state index contributed by atoms with van der Waals surface area (Å²) in [6.07, 6.45) is 4.18. The molecule has 15 heavy (non-hydrogen) atoms. The van der Waals surface area contributed by atoms with Gasteiger partial charge in [0.1, 0.15) is 0 Å². The lowest BCUT2D eigenvalue weighted by Gasteiger charge is -2.20. The second kappa shape index (κ2) is 3.06. The molecular formula is C14H11N. The van der Waals surface area contributed by atoms with Crippen molar-refractivity contribution in [3.05, 3.63) is 66.4 Å². The monoisotopic (exact) mass is 193 g/mol. The summed E-state index contributed by atoms with van der Waals surface area (Å²) in [6.45, 7) is 3.97. The third-order valence-corrected chi connectivity index (χ3v) is 2.84. The summed E-state index contributed by atoms with van der Waals surface area (Å²) in [4.78, 5) is 4.64. The normalized spacial score (nSPS) is 19.2. The Hall–Kier alpha value is -1.89. The van der Waals surface area contributed by atoms with E-state index in [4.69, 9.17) is 0 Å². The van der Waals surface area contributed by atoms with Crippen LogP contribution in [0.4, 0.5) is 0 Å².